The van der Waals surface area contributed by atoms with Crippen LogP contribution in [0.25, 0.3) is 0 Å². The molecule has 0 aromatic carbocycles. The molecule has 3 N–H and O–H groups in total. The van der Waals surface area contributed by atoms with Crippen molar-refractivity contribution >= 4 is 11.9 Å². The van der Waals surface area contributed by atoms with Gasteiger partial charge in [0.25, 0.3) is 0 Å². The number of hydrogen-bond acceptors (Lipinski definition) is 3. The maximum Gasteiger partial charge on any atom is 0.0173 e. The van der Waals surface area contributed by atoms with Crippen LogP contribution in [0.2, 0.25) is 0 Å². The smallest absolute Gasteiger partial charge is 0.0173 e. The molecule has 12 heavy (non-hydrogen) atoms. The van der Waals surface area contributed by atoms with Crippen LogP contribution < -0.4 is 10.5 Å². The van der Waals surface area contributed by atoms with E-state index in [9.17, 15) is 0 Å². The zero-order valence-electron chi connectivity index (χ0n) is 7.88. The van der Waals surface area contributed by atoms with Gasteiger partial charge >= 0.3 is 0 Å². The highest BCUT2D eigenvalue weighted by atomic mass is 32.2. The number of rotatable bonds is 4. The number of nitrogens with one attached hydrogen (secondary N) is 1. The second kappa shape index (κ2) is 5.84. The first-order valence-corrected chi connectivity index (χ1v) is 5.94. The summed E-state index contributed by atoms with van der Waals surface area (Å²) < 4.78 is 3.50. The molecule has 0 saturated heterocycles. The third kappa shape index (κ3) is 3.78. The van der Waals surface area contributed by atoms with Crippen molar-refractivity contribution in [3.63, 3.8) is 0 Å². The van der Waals surface area contributed by atoms with E-state index in [1.165, 1.54) is 37.9 Å². The van der Waals surface area contributed by atoms with Gasteiger partial charge in [-0.05, 0) is 32.1 Å². The summed E-state index contributed by atoms with van der Waals surface area (Å²) in [5, 5.41) is 0. The molecule has 0 heterocycles. The largest absolute Gasteiger partial charge is 0.328 e. The maximum atomic E-state index is 5.82. The van der Waals surface area contributed by atoms with Crippen LogP contribution in [0, 0.1) is 0 Å². The van der Waals surface area contributed by atoms with Crippen molar-refractivity contribution in [1.29, 1.82) is 0 Å². The summed E-state index contributed by atoms with van der Waals surface area (Å²) in [6.07, 6.45) is 6.17. The fraction of sp³-hybridized carbons (Fsp3) is 1.00. The summed E-state index contributed by atoms with van der Waals surface area (Å²) in [7, 11) is 0. The second-order valence-electron chi connectivity index (χ2n) is 3.58. The SMILES string of the molecule is CCCSNC1CCC(N)CC1. The van der Waals surface area contributed by atoms with Crippen LogP contribution in [-0.2, 0) is 0 Å². The summed E-state index contributed by atoms with van der Waals surface area (Å²) in [5.41, 5.74) is 5.82. The standard InChI is InChI=1S/C9H20N2S/c1-2-7-12-11-9-5-3-8(10)4-6-9/h8-9,11H,2-7,10H2,1H3. The van der Waals surface area contributed by atoms with Crippen molar-refractivity contribution in [3.8, 4) is 0 Å². The first-order chi connectivity index (χ1) is 5.83. The van der Waals surface area contributed by atoms with Gasteiger partial charge in [-0.1, -0.05) is 18.9 Å². The van der Waals surface area contributed by atoms with Crippen molar-refractivity contribution in [2.24, 2.45) is 5.73 Å². The topological polar surface area (TPSA) is 38.0 Å². The van der Waals surface area contributed by atoms with E-state index in [0.29, 0.717) is 6.04 Å². The van der Waals surface area contributed by atoms with Gasteiger partial charge in [-0.15, -0.1) is 0 Å². The Hall–Kier alpha value is 0.270. The van der Waals surface area contributed by atoms with Crippen molar-refractivity contribution in [1.82, 2.24) is 4.72 Å². The lowest BCUT2D eigenvalue weighted by Crippen LogP contribution is -2.34. The molecule has 1 aliphatic rings. The normalized spacial score (nSPS) is 30.5. The van der Waals surface area contributed by atoms with Gasteiger partial charge < -0.3 is 5.73 Å². The van der Waals surface area contributed by atoms with E-state index in [4.69, 9.17) is 5.73 Å². The summed E-state index contributed by atoms with van der Waals surface area (Å²) in [6, 6.07) is 1.19. The molecular weight excluding hydrogens is 168 g/mol. The van der Waals surface area contributed by atoms with Crippen molar-refractivity contribution < 1.29 is 0 Å². The molecule has 3 heteroatoms. The number of hydrogen-bond donors (Lipinski definition) is 2. The molecule has 0 unspecified atom stereocenters. The van der Waals surface area contributed by atoms with Crippen LogP contribution in [-0.4, -0.2) is 17.8 Å². The summed E-state index contributed by atoms with van der Waals surface area (Å²) in [6.45, 7) is 2.21. The van der Waals surface area contributed by atoms with Crippen LogP contribution in [0.5, 0.6) is 0 Å². The molecule has 1 rings (SSSR count). The molecule has 0 aromatic rings. The van der Waals surface area contributed by atoms with Gasteiger partial charge in [-0.25, -0.2) is 0 Å². The molecule has 0 atom stereocenters. The van der Waals surface area contributed by atoms with Gasteiger partial charge in [0, 0.05) is 17.8 Å². The predicted molar refractivity (Wildman–Crippen MR) is 56.1 cm³/mol. The molecule has 1 fully saturated rings. The van der Waals surface area contributed by atoms with E-state index in [1.807, 2.05) is 11.9 Å². The molecule has 0 bridgehead atoms. The third-order valence-electron chi connectivity index (χ3n) is 2.33. The lowest BCUT2D eigenvalue weighted by Gasteiger charge is -2.26. The first kappa shape index (κ1) is 10.4. The van der Waals surface area contributed by atoms with Gasteiger partial charge in [-0.2, -0.15) is 0 Å². The Bertz CT molecular complexity index is 111. The second-order valence-corrected chi connectivity index (χ2v) is 4.51. The fourth-order valence-corrected chi connectivity index (χ4v) is 2.31. The molecule has 0 aromatic heterocycles. The van der Waals surface area contributed by atoms with Gasteiger partial charge in [0.1, 0.15) is 0 Å². The minimum absolute atomic E-state index is 0.472. The van der Waals surface area contributed by atoms with Crippen molar-refractivity contribution in [2.75, 3.05) is 5.75 Å². The Balaban J connectivity index is 2.01. The van der Waals surface area contributed by atoms with Crippen LogP contribution in [0.1, 0.15) is 39.0 Å². The lowest BCUT2D eigenvalue weighted by molar-refractivity contribution is 0.381. The molecule has 1 aliphatic carbocycles. The Morgan fingerprint density at radius 3 is 2.58 bits per heavy atom. The van der Waals surface area contributed by atoms with Crippen molar-refractivity contribution in [3.05, 3.63) is 0 Å². The van der Waals surface area contributed by atoms with Gasteiger partial charge in [0.2, 0.25) is 0 Å². The third-order valence-corrected chi connectivity index (χ3v) is 3.44. The molecule has 2 nitrogen and oxygen atoms in total. The highest BCUT2D eigenvalue weighted by Gasteiger charge is 2.17. The zero-order valence-corrected chi connectivity index (χ0v) is 8.70. The average molecular weight is 188 g/mol. The Morgan fingerprint density at radius 2 is 2.00 bits per heavy atom. The lowest BCUT2D eigenvalue weighted by atomic mass is 9.93. The van der Waals surface area contributed by atoms with E-state index >= 15 is 0 Å². The maximum absolute atomic E-state index is 5.82. The first-order valence-electron chi connectivity index (χ1n) is 4.95. The van der Waals surface area contributed by atoms with E-state index < -0.39 is 0 Å². The zero-order chi connectivity index (χ0) is 8.81. The molecule has 1 saturated carbocycles. The minimum atomic E-state index is 0.472. The van der Waals surface area contributed by atoms with Crippen LogP contribution in [0.3, 0.4) is 0 Å². The molecule has 0 amide bonds. The Morgan fingerprint density at radius 1 is 1.33 bits per heavy atom. The van der Waals surface area contributed by atoms with E-state index in [2.05, 4.69) is 11.6 Å². The fourth-order valence-electron chi connectivity index (χ4n) is 1.52. The monoisotopic (exact) mass is 188 g/mol. The highest BCUT2D eigenvalue weighted by molar-refractivity contribution is 7.97. The van der Waals surface area contributed by atoms with Gasteiger partial charge in [0.15, 0.2) is 0 Å². The molecule has 0 spiro atoms. The molecule has 0 radical (unpaired) electrons. The minimum Gasteiger partial charge on any atom is -0.328 e. The van der Waals surface area contributed by atoms with E-state index in [-0.39, 0.29) is 0 Å². The van der Waals surface area contributed by atoms with E-state index in [0.717, 1.165) is 6.04 Å². The molecule has 72 valence electrons. The Kier molecular flexibility index (Phi) is 5.04. The Labute approximate surface area is 79.8 Å². The average Bonchev–Trinajstić information content (AvgIpc) is 2.09. The van der Waals surface area contributed by atoms with Crippen LogP contribution >= 0.6 is 11.9 Å². The molecular formula is C9H20N2S. The summed E-state index contributed by atoms with van der Waals surface area (Å²) in [5.74, 6) is 1.22. The van der Waals surface area contributed by atoms with Crippen LogP contribution in [0.15, 0.2) is 0 Å². The van der Waals surface area contributed by atoms with Gasteiger partial charge in [-0.3, -0.25) is 4.72 Å². The van der Waals surface area contributed by atoms with Crippen molar-refractivity contribution in [2.45, 2.75) is 51.1 Å². The predicted octanol–water partition coefficient (Wildman–Crippen LogP) is 1.90. The summed E-state index contributed by atoms with van der Waals surface area (Å²) in [4.78, 5) is 0. The van der Waals surface area contributed by atoms with E-state index in [1.54, 1.807) is 0 Å². The summed E-state index contributed by atoms with van der Waals surface area (Å²) >= 11 is 1.87. The highest BCUT2D eigenvalue weighted by Crippen LogP contribution is 2.18. The van der Waals surface area contributed by atoms with Gasteiger partial charge in [0.05, 0.1) is 0 Å². The molecule has 0 aliphatic heterocycles. The number of nitrogens with two attached hydrogens (primary N) is 1. The van der Waals surface area contributed by atoms with Crippen LogP contribution in [0.4, 0.5) is 0 Å². The quantitative estimate of drug-likeness (QED) is 0.523.